The second kappa shape index (κ2) is 7.23. The van der Waals surface area contributed by atoms with Gasteiger partial charge in [0, 0.05) is 6.42 Å². The monoisotopic (exact) mass is 353 g/mol. The van der Waals surface area contributed by atoms with Gasteiger partial charge in [0.15, 0.2) is 5.82 Å². The van der Waals surface area contributed by atoms with Crippen LogP contribution in [0.5, 0.6) is 0 Å². The number of hydrogen-bond donors (Lipinski definition) is 1. The van der Waals surface area contributed by atoms with Crippen molar-refractivity contribution in [2.45, 2.75) is 38.4 Å². The molecule has 0 saturated heterocycles. The Balaban J connectivity index is 1.32. The lowest BCUT2D eigenvalue weighted by Crippen LogP contribution is -2.27. The first kappa shape index (κ1) is 16.7. The summed E-state index contributed by atoms with van der Waals surface area (Å²) in [6, 6.07) is 14.0. The molecule has 4 rings (SSSR count). The normalized spacial score (nSPS) is 19.3. The van der Waals surface area contributed by atoms with E-state index in [1.807, 2.05) is 42.5 Å². The van der Waals surface area contributed by atoms with Crippen LogP contribution in [-0.4, -0.2) is 22.2 Å². The average molecular weight is 353 g/mol. The predicted molar refractivity (Wildman–Crippen MR) is 95.1 cm³/mol. The van der Waals surface area contributed by atoms with E-state index in [9.17, 15) is 9.18 Å². The molecular weight excluding hydrogens is 333 g/mol. The van der Waals surface area contributed by atoms with Crippen molar-refractivity contribution in [2.24, 2.45) is 5.92 Å². The van der Waals surface area contributed by atoms with E-state index in [-0.39, 0.29) is 12.5 Å². The number of hydrogen-bond acceptors (Lipinski definition) is 4. The van der Waals surface area contributed by atoms with Gasteiger partial charge in [-0.3, -0.25) is 4.79 Å². The molecule has 1 heterocycles. The molecule has 0 atom stereocenters. The van der Waals surface area contributed by atoms with Gasteiger partial charge in [-0.2, -0.15) is 4.98 Å². The fourth-order valence-corrected chi connectivity index (χ4v) is 3.38. The molecule has 1 saturated carbocycles. The summed E-state index contributed by atoms with van der Waals surface area (Å²) in [5.41, 5.74) is 0.984. The standard InChI is InChI=1S/C20H20FN3O2/c21-16-8-13(9-16)10-18-23-20(26-24-18)12-22-19(25)11-15-6-3-5-14-4-1-2-7-17(14)15/h1-7,13,16H,8-12H2,(H,22,25). The van der Waals surface area contributed by atoms with Crippen molar-refractivity contribution in [1.82, 2.24) is 15.5 Å². The molecule has 1 aromatic heterocycles. The molecule has 0 radical (unpaired) electrons. The summed E-state index contributed by atoms with van der Waals surface area (Å²) in [5.74, 6) is 1.17. The Labute approximate surface area is 150 Å². The van der Waals surface area contributed by atoms with Crippen molar-refractivity contribution in [2.75, 3.05) is 0 Å². The lowest BCUT2D eigenvalue weighted by Gasteiger charge is -2.28. The van der Waals surface area contributed by atoms with Crippen LogP contribution in [0.2, 0.25) is 0 Å². The number of fused-ring (bicyclic) bond motifs is 1. The van der Waals surface area contributed by atoms with Gasteiger partial charge in [0.05, 0.1) is 13.0 Å². The average Bonchev–Trinajstić information content (AvgIpc) is 3.07. The van der Waals surface area contributed by atoms with Crippen LogP contribution in [0.1, 0.15) is 30.1 Å². The summed E-state index contributed by atoms with van der Waals surface area (Å²) >= 11 is 0. The first-order valence-electron chi connectivity index (χ1n) is 8.86. The summed E-state index contributed by atoms with van der Waals surface area (Å²) < 4.78 is 18.0. The van der Waals surface area contributed by atoms with E-state index in [0.717, 1.165) is 16.3 Å². The van der Waals surface area contributed by atoms with Gasteiger partial charge in [-0.25, -0.2) is 4.39 Å². The Kier molecular flexibility index (Phi) is 4.65. The van der Waals surface area contributed by atoms with E-state index in [0.29, 0.717) is 43.3 Å². The van der Waals surface area contributed by atoms with E-state index in [1.165, 1.54) is 0 Å². The van der Waals surface area contributed by atoms with Crippen molar-refractivity contribution in [3.63, 3.8) is 0 Å². The molecule has 0 bridgehead atoms. The van der Waals surface area contributed by atoms with Crippen molar-refractivity contribution in [3.05, 3.63) is 59.7 Å². The lowest BCUT2D eigenvalue weighted by molar-refractivity contribution is -0.120. The van der Waals surface area contributed by atoms with Crippen LogP contribution in [0.4, 0.5) is 4.39 Å². The quantitative estimate of drug-likeness (QED) is 0.738. The number of amides is 1. The van der Waals surface area contributed by atoms with Crippen LogP contribution in [0, 0.1) is 5.92 Å². The third-order valence-electron chi connectivity index (χ3n) is 4.83. The second-order valence-electron chi connectivity index (χ2n) is 6.83. The van der Waals surface area contributed by atoms with Crippen LogP contribution in [0.15, 0.2) is 47.0 Å². The Hall–Kier alpha value is -2.76. The zero-order valence-corrected chi connectivity index (χ0v) is 14.3. The third kappa shape index (κ3) is 3.74. The van der Waals surface area contributed by atoms with E-state index in [4.69, 9.17) is 4.52 Å². The highest BCUT2D eigenvalue weighted by molar-refractivity contribution is 5.90. The van der Waals surface area contributed by atoms with Crippen molar-refractivity contribution in [1.29, 1.82) is 0 Å². The Bertz CT molecular complexity index is 913. The van der Waals surface area contributed by atoms with Crippen LogP contribution >= 0.6 is 0 Å². The first-order valence-corrected chi connectivity index (χ1v) is 8.86. The second-order valence-corrected chi connectivity index (χ2v) is 6.83. The number of nitrogens with one attached hydrogen (secondary N) is 1. The van der Waals surface area contributed by atoms with Crippen molar-refractivity contribution in [3.8, 4) is 0 Å². The smallest absolute Gasteiger partial charge is 0.246 e. The maximum absolute atomic E-state index is 12.8. The molecule has 1 N–H and O–H groups in total. The molecule has 26 heavy (non-hydrogen) atoms. The van der Waals surface area contributed by atoms with Gasteiger partial charge >= 0.3 is 0 Å². The topological polar surface area (TPSA) is 68.0 Å². The summed E-state index contributed by atoms with van der Waals surface area (Å²) in [6.07, 6.45) is 1.40. The van der Waals surface area contributed by atoms with Crippen LogP contribution in [0.3, 0.4) is 0 Å². The molecule has 1 aliphatic rings. The first-order chi connectivity index (χ1) is 12.7. The van der Waals surface area contributed by atoms with Gasteiger partial charge in [-0.15, -0.1) is 0 Å². The van der Waals surface area contributed by atoms with E-state index >= 15 is 0 Å². The minimum Gasteiger partial charge on any atom is -0.347 e. The number of alkyl halides is 1. The summed E-state index contributed by atoms with van der Waals surface area (Å²) in [4.78, 5) is 16.5. The van der Waals surface area contributed by atoms with Crippen molar-refractivity contribution < 1.29 is 13.7 Å². The zero-order valence-electron chi connectivity index (χ0n) is 14.3. The predicted octanol–water partition coefficient (Wildman–Crippen LogP) is 3.37. The summed E-state index contributed by atoms with van der Waals surface area (Å²) in [6.45, 7) is 0.201. The van der Waals surface area contributed by atoms with E-state index < -0.39 is 6.17 Å². The molecule has 0 unspecified atom stereocenters. The van der Waals surface area contributed by atoms with Gasteiger partial charge in [-0.1, -0.05) is 47.6 Å². The number of benzene rings is 2. The van der Waals surface area contributed by atoms with Crippen LogP contribution in [0.25, 0.3) is 10.8 Å². The molecule has 2 aromatic carbocycles. The molecule has 0 spiro atoms. The van der Waals surface area contributed by atoms with Crippen LogP contribution < -0.4 is 5.32 Å². The largest absolute Gasteiger partial charge is 0.347 e. The van der Waals surface area contributed by atoms with Gasteiger partial charge < -0.3 is 9.84 Å². The summed E-state index contributed by atoms with van der Waals surface area (Å²) in [7, 11) is 0. The maximum Gasteiger partial charge on any atom is 0.246 e. The maximum atomic E-state index is 12.8. The number of carbonyl (C=O) groups is 1. The minimum atomic E-state index is -0.681. The molecule has 3 aromatic rings. The molecule has 6 heteroatoms. The molecule has 1 amide bonds. The van der Waals surface area contributed by atoms with Gasteiger partial charge in [0.2, 0.25) is 11.8 Å². The van der Waals surface area contributed by atoms with Gasteiger partial charge in [-0.05, 0) is 35.1 Å². The number of rotatable bonds is 6. The highest BCUT2D eigenvalue weighted by Gasteiger charge is 2.30. The Morgan fingerprint density at radius 2 is 2.00 bits per heavy atom. The number of nitrogens with zero attached hydrogens (tertiary/aromatic N) is 2. The molecular formula is C20H20FN3O2. The number of aromatic nitrogens is 2. The lowest BCUT2D eigenvalue weighted by atomic mass is 9.81. The SMILES string of the molecule is O=C(Cc1cccc2ccccc12)NCc1nc(CC2CC(F)C2)no1. The fraction of sp³-hybridized carbons (Fsp3) is 0.350. The highest BCUT2D eigenvalue weighted by atomic mass is 19.1. The zero-order chi connectivity index (χ0) is 17.9. The fourth-order valence-electron chi connectivity index (χ4n) is 3.38. The van der Waals surface area contributed by atoms with Crippen molar-refractivity contribution >= 4 is 16.7 Å². The number of carbonyl (C=O) groups excluding carboxylic acids is 1. The summed E-state index contributed by atoms with van der Waals surface area (Å²) in [5, 5.41) is 8.92. The Morgan fingerprint density at radius 3 is 2.85 bits per heavy atom. The molecule has 0 aliphatic heterocycles. The van der Waals surface area contributed by atoms with E-state index in [2.05, 4.69) is 15.5 Å². The third-order valence-corrected chi connectivity index (χ3v) is 4.83. The van der Waals surface area contributed by atoms with Crippen LogP contribution in [-0.2, 0) is 24.2 Å². The molecule has 1 aliphatic carbocycles. The highest BCUT2D eigenvalue weighted by Crippen LogP contribution is 2.32. The Morgan fingerprint density at radius 1 is 1.19 bits per heavy atom. The van der Waals surface area contributed by atoms with Gasteiger partial charge in [0.1, 0.15) is 6.17 Å². The molecule has 5 nitrogen and oxygen atoms in total. The minimum absolute atomic E-state index is 0.0969. The van der Waals surface area contributed by atoms with Gasteiger partial charge in [0.25, 0.3) is 0 Å². The molecule has 134 valence electrons. The molecule has 1 fully saturated rings. The number of halogens is 1. The van der Waals surface area contributed by atoms with E-state index in [1.54, 1.807) is 0 Å².